The van der Waals surface area contributed by atoms with Gasteiger partial charge in [-0.1, -0.05) is 50.2 Å². The van der Waals surface area contributed by atoms with Crippen molar-refractivity contribution in [2.75, 3.05) is 0 Å². The van der Waals surface area contributed by atoms with Gasteiger partial charge in [0.2, 0.25) is 0 Å². The van der Waals surface area contributed by atoms with Crippen LogP contribution in [0.3, 0.4) is 0 Å². The van der Waals surface area contributed by atoms with Gasteiger partial charge >= 0.3 is 0 Å². The van der Waals surface area contributed by atoms with Crippen LogP contribution in [0.25, 0.3) is 0 Å². The first kappa shape index (κ1) is 25.7. The molecule has 0 amide bonds. The van der Waals surface area contributed by atoms with E-state index in [0.717, 1.165) is 24.0 Å². The van der Waals surface area contributed by atoms with Gasteiger partial charge in [0.25, 0.3) is 5.69 Å². The minimum absolute atomic E-state index is 0.0215. The SMILES string of the molecule is Cc1ccc(O)c(C=NC2CCCCC2)c1.O=[N+]([O-])c1ccc(O)c(CNC2CCCCC2)c1. The van der Waals surface area contributed by atoms with Crippen molar-refractivity contribution < 1.29 is 15.1 Å². The van der Waals surface area contributed by atoms with Gasteiger partial charge in [0.1, 0.15) is 11.5 Å². The van der Waals surface area contributed by atoms with Crippen LogP contribution in [0.2, 0.25) is 0 Å². The number of nitro benzene ring substituents is 1. The van der Waals surface area contributed by atoms with Crippen LogP contribution in [0, 0.1) is 17.0 Å². The highest BCUT2D eigenvalue weighted by Crippen LogP contribution is 2.24. The molecule has 2 fully saturated rings. The second kappa shape index (κ2) is 13.1. The maximum atomic E-state index is 10.7. The van der Waals surface area contributed by atoms with Crippen LogP contribution in [-0.4, -0.2) is 33.4 Å². The van der Waals surface area contributed by atoms with Crippen molar-refractivity contribution in [2.24, 2.45) is 4.99 Å². The molecular weight excluding hydrogens is 430 g/mol. The number of benzene rings is 2. The molecule has 0 heterocycles. The summed E-state index contributed by atoms with van der Waals surface area (Å²) in [4.78, 5) is 14.8. The number of phenolic OH excluding ortho intramolecular Hbond substituents is 2. The molecule has 0 spiro atoms. The lowest BCUT2D eigenvalue weighted by molar-refractivity contribution is -0.384. The van der Waals surface area contributed by atoms with E-state index in [1.807, 2.05) is 25.3 Å². The molecule has 0 radical (unpaired) electrons. The molecule has 7 nitrogen and oxygen atoms in total. The predicted molar refractivity (Wildman–Crippen MR) is 136 cm³/mol. The molecule has 184 valence electrons. The molecule has 2 aromatic rings. The van der Waals surface area contributed by atoms with Gasteiger partial charge in [-0.3, -0.25) is 15.1 Å². The summed E-state index contributed by atoms with van der Waals surface area (Å²) in [5.74, 6) is 0.439. The van der Waals surface area contributed by atoms with Crippen LogP contribution < -0.4 is 5.32 Å². The van der Waals surface area contributed by atoms with Crippen LogP contribution in [0.15, 0.2) is 41.4 Å². The summed E-state index contributed by atoms with van der Waals surface area (Å²) in [5.41, 5.74) is 2.61. The second-order valence-electron chi connectivity index (χ2n) is 9.42. The third-order valence-corrected chi connectivity index (χ3v) is 6.64. The Bertz CT molecular complexity index is 964. The Morgan fingerprint density at radius 3 is 2.29 bits per heavy atom. The molecule has 3 N–H and O–H groups in total. The first-order valence-corrected chi connectivity index (χ1v) is 12.4. The summed E-state index contributed by atoms with van der Waals surface area (Å²) in [6.07, 6.45) is 14.2. The highest BCUT2D eigenvalue weighted by atomic mass is 16.6. The predicted octanol–water partition coefficient (Wildman–Crippen LogP) is 6.17. The lowest BCUT2D eigenvalue weighted by atomic mass is 9.95. The second-order valence-corrected chi connectivity index (χ2v) is 9.42. The standard InChI is InChI=1S/C14H19NO.C13H18N2O3/c1-11-7-8-14(16)12(9-11)10-15-13-5-3-2-4-6-13;16-13-7-6-12(15(17)18)8-10(13)9-14-11-4-2-1-3-5-11/h7-10,13,16H,2-6H2,1H3;6-8,11,14,16H,1-5,9H2. The normalized spacial score (nSPS) is 17.3. The van der Waals surface area contributed by atoms with Crippen molar-refractivity contribution >= 4 is 11.9 Å². The Morgan fingerprint density at radius 2 is 1.62 bits per heavy atom. The van der Waals surface area contributed by atoms with E-state index in [1.54, 1.807) is 6.07 Å². The maximum absolute atomic E-state index is 10.7. The van der Waals surface area contributed by atoms with Gasteiger partial charge in [-0.15, -0.1) is 0 Å². The molecule has 0 saturated heterocycles. The lowest BCUT2D eigenvalue weighted by Gasteiger charge is -2.23. The average molecular weight is 468 g/mol. The van der Waals surface area contributed by atoms with Gasteiger partial charge in [0.15, 0.2) is 0 Å². The first-order chi connectivity index (χ1) is 16.4. The Morgan fingerprint density at radius 1 is 0.971 bits per heavy atom. The molecule has 0 bridgehead atoms. The number of phenols is 2. The summed E-state index contributed by atoms with van der Waals surface area (Å²) in [7, 11) is 0. The number of rotatable bonds is 6. The van der Waals surface area contributed by atoms with Crippen LogP contribution in [0.4, 0.5) is 5.69 Å². The topological polar surface area (TPSA) is 108 Å². The molecule has 2 aromatic carbocycles. The van der Waals surface area contributed by atoms with E-state index in [0.29, 0.717) is 29.9 Å². The highest BCUT2D eigenvalue weighted by molar-refractivity contribution is 5.83. The zero-order chi connectivity index (χ0) is 24.3. The third kappa shape index (κ3) is 8.13. The Labute approximate surface area is 202 Å². The summed E-state index contributed by atoms with van der Waals surface area (Å²) in [6, 6.07) is 10.7. The molecule has 34 heavy (non-hydrogen) atoms. The maximum Gasteiger partial charge on any atom is 0.270 e. The van der Waals surface area contributed by atoms with E-state index in [4.69, 9.17) is 0 Å². The van der Waals surface area contributed by atoms with Crippen LogP contribution >= 0.6 is 0 Å². The zero-order valence-electron chi connectivity index (χ0n) is 20.1. The Balaban J connectivity index is 0.000000192. The van der Waals surface area contributed by atoms with Gasteiger partial charge in [0, 0.05) is 48.1 Å². The van der Waals surface area contributed by atoms with Gasteiger partial charge in [-0.2, -0.15) is 0 Å². The van der Waals surface area contributed by atoms with Crippen molar-refractivity contribution in [2.45, 2.75) is 89.8 Å². The molecule has 0 atom stereocenters. The summed E-state index contributed by atoms with van der Waals surface area (Å²) < 4.78 is 0. The van der Waals surface area contributed by atoms with Crippen molar-refractivity contribution in [3.63, 3.8) is 0 Å². The number of aromatic hydroxyl groups is 2. The number of nitrogens with one attached hydrogen (secondary N) is 1. The first-order valence-electron chi connectivity index (χ1n) is 12.4. The largest absolute Gasteiger partial charge is 0.508 e. The van der Waals surface area contributed by atoms with E-state index < -0.39 is 4.92 Å². The van der Waals surface area contributed by atoms with Gasteiger partial charge in [-0.25, -0.2) is 0 Å². The number of nitrogens with zero attached hydrogens (tertiary/aromatic N) is 2. The quantitative estimate of drug-likeness (QED) is 0.267. The van der Waals surface area contributed by atoms with E-state index in [1.165, 1.54) is 69.6 Å². The zero-order valence-corrected chi connectivity index (χ0v) is 20.1. The minimum atomic E-state index is -0.441. The molecular formula is C27H37N3O4. The van der Waals surface area contributed by atoms with Gasteiger partial charge in [-0.05, 0) is 50.8 Å². The van der Waals surface area contributed by atoms with E-state index in [9.17, 15) is 20.3 Å². The molecule has 7 heteroatoms. The average Bonchev–Trinajstić information content (AvgIpc) is 2.85. The van der Waals surface area contributed by atoms with Crippen LogP contribution in [0.1, 0.15) is 80.9 Å². The molecule has 2 saturated carbocycles. The van der Waals surface area contributed by atoms with Gasteiger partial charge < -0.3 is 15.5 Å². The minimum Gasteiger partial charge on any atom is -0.508 e. The fourth-order valence-electron chi connectivity index (χ4n) is 4.58. The molecule has 2 aliphatic carbocycles. The number of hydrogen-bond acceptors (Lipinski definition) is 6. The monoisotopic (exact) mass is 467 g/mol. The molecule has 4 rings (SSSR count). The summed E-state index contributed by atoms with van der Waals surface area (Å²) in [5, 5.41) is 33.4. The fourth-order valence-corrected chi connectivity index (χ4v) is 4.58. The fraction of sp³-hybridized carbons (Fsp3) is 0.519. The number of hydrogen-bond donors (Lipinski definition) is 3. The lowest BCUT2D eigenvalue weighted by Crippen LogP contribution is -2.30. The number of aliphatic imine (C=N–C) groups is 1. The van der Waals surface area contributed by atoms with Crippen LogP contribution in [0.5, 0.6) is 11.5 Å². The van der Waals surface area contributed by atoms with E-state index in [2.05, 4.69) is 10.3 Å². The Hall–Kier alpha value is -2.93. The number of non-ortho nitro benzene ring substituents is 1. The molecule has 2 aliphatic rings. The van der Waals surface area contributed by atoms with E-state index >= 15 is 0 Å². The van der Waals surface area contributed by atoms with E-state index in [-0.39, 0.29) is 11.4 Å². The highest BCUT2D eigenvalue weighted by Gasteiger charge is 2.15. The van der Waals surface area contributed by atoms with Crippen molar-refractivity contribution in [3.05, 3.63) is 63.2 Å². The van der Waals surface area contributed by atoms with Crippen molar-refractivity contribution in [1.29, 1.82) is 0 Å². The molecule has 0 unspecified atom stereocenters. The molecule has 0 aliphatic heterocycles. The van der Waals surface area contributed by atoms with Crippen molar-refractivity contribution in [3.8, 4) is 11.5 Å². The summed E-state index contributed by atoms with van der Waals surface area (Å²) >= 11 is 0. The van der Waals surface area contributed by atoms with Crippen molar-refractivity contribution in [1.82, 2.24) is 5.32 Å². The van der Waals surface area contributed by atoms with Crippen LogP contribution in [-0.2, 0) is 6.54 Å². The summed E-state index contributed by atoms with van der Waals surface area (Å²) in [6.45, 7) is 2.51. The number of aryl methyl sites for hydroxylation is 1. The molecule has 0 aromatic heterocycles. The Kier molecular flexibility index (Phi) is 9.89. The third-order valence-electron chi connectivity index (χ3n) is 6.64. The van der Waals surface area contributed by atoms with Gasteiger partial charge in [0.05, 0.1) is 4.92 Å². The number of nitro groups is 1. The smallest absolute Gasteiger partial charge is 0.270 e.